The van der Waals surface area contributed by atoms with E-state index in [9.17, 15) is 32.4 Å². The largest absolute Gasteiger partial charge is 0.507 e. The molecule has 5 rings (SSSR count). The lowest BCUT2D eigenvalue weighted by molar-refractivity contribution is -0.131. The van der Waals surface area contributed by atoms with Gasteiger partial charge in [0.25, 0.3) is 10.1 Å². The molecule has 0 aromatic heterocycles. The molecular formula is C30H26FNO6S. The van der Waals surface area contributed by atoms with Gasteiger partial charge in [0.1, 0.15) is 11.6 Å². The molecule has 0 radical (unpaired) electrons. The van der Waals surface area contributed by atoms with Gasteiger partial charge in [0.05, 0.1) is 28.6 Å². The Morgan fingerprint density at radius 3 is 2.31 bits per heavy atom. The summed E-state index contributed by atoms with van der Waals surface area (Å²) in [5.41, 5.74) is 2.11. The third kappa shape index (κ3) is 5.29. The van der Waals surface area contributed by atoms with Gasteiger partial charge in [-0.25, -0.2) is 4.39 Å². The molecule has 1 aliphatic heterocycles. The number of halogens is 1. The number of anilines is 1. The minimum absolute atomic E-state index is 0.122. The first-order valence-corrected chi connectivity index (χ1v) is 13.8. The number of phenolic OH excluding ortho intramolecular Hbond substituents is 1. The van der Waals surface area contributed by atoms with Crippen LogP contribution in [0.5, 0.6) is 5.75 Å². The van der Waals surface area contributed by atoms with Crippen LogP contribution in [0.2, 0.25) is 0 Å². The quantitative estimate of drug-likeness (QED) is 0.194. The third-order valence-electron chi connectivity index (χ3n) is 7.07. The van der Waals surface area contributed by atoms with Crippen LogP contribution < -0.4 is 4.90 Å². The molecule has 1 aliphatic rings. The number of hydrogen-bond acceptors (Lipinski definition) is 5. The zero-order valence-corrected chi connectivity index (χ0v) is 21.5. The van der Waals surface area contributed by atoms with E-state index in [2.05, 4.69) is 0 Å². The van der Waals surface area contributed by atoms with Gasteiger partial charge in [0.2, 0.25) is 5.91 Å². The summed E-state index contributed by atoms with van der Waals surface area (Å²) in [7, 11) is -4.43. The van der Waals surface area contributed by atoms with Crippen LogP contribution in [0, 0.1) is 11.7 Å². The standard InChI is InChI=1S/C30H26FNO6S/c31-25-11-4-5-12-26(25)32-29(24(30(32)35)15-16-27(33)19-7-2-1-3-8-19)21-13-14-23(28(34)18-21)20-9-6-10-22(17-20)39(36,37)38/h1-14,17-18,24,27,29,33-34H,15-16H2,(H,36,37,38). The van der Waals surface area contributed by atoms with Crippen molar-refractivity contribution >= 4 is 21.7 Å². The zero-order chi connectivity index (χ0) is 27.7. The van der Waals surface area contributed by atoms with Gasteiger partial charge in [-0.3, -0.25) is 9.35 Å². The van der Waals surface area contributed by atoms with Gasteiger partial charge in [-0.05, 0) is 59.9 Å². The Kier molecular flexibility index (Phi) is 7.22. The summed E-state index contributed by atoms with van der Waals surface area (Å²) >= 11 is 0. The molecule has 1 saturated heterocycles. The summed E-state index contributed by atoms with van der Waals surface area (Å²) in [6.45, 7) is 0. The maximum Gasteiger partial charge on any atom is 0.294 e. The highest BCUT2D eigenvalue weighted by Gasteiger charge is 2.49. The summed E-state index contributed by atoms with van der Waals surface area (Å²) in [6.07, 6.45) is -0.120. The maximum atomic E-state index is 14.7. The number of nitrogens with zero attached hydrogens (tertiary/aromatic N) is 1. The molecule has 0 spiro atoms. The van der Waals surface area contributed by atoms with Crippen molar-refractivity contribution in [3.8, 4) is 16.9 Å². The lowest BCUT2D eigenvalue weighted by Gasteiger charge is -2.48. The van der Waals surface area contributed by atoms with Crippen molar-refractivity contribution in [3.05, 3.63) is 114 Å². The SMILES string of the molecule is O=C1C(CCC(O)c2ccccc2)C(c2ccc(-c3cccc(S(=O)(=O)O)c3)c(O)c2)N1c1ccccc1F. The molecule has 39 heavy (non-hydrogen) atoms. The first-order valence-electron chi connectivity index (χ1n) is 12.4. The molecular weight excluding hydrogens is 521 g/mol. The highest BCUT2D eigenvalue weighted by molar-refractivity contribution is 7.85. The second-order valence-electron chi connectivity index (χ2n) is 9.49. The second-order valence-corrected chi connectivity index (χ2v) is 10.9. The Labute approximate surface area is 225 Å². The fourth-order valence-electron chi connectivity index (χ4n) is 5.11. The smallest absolute Gasteiger partial charge is 0.294 e. The molecule has 4 aromatic carbocycles. The van der Waals surface area contributed by atoms with Gasteiger partial charge < -0.3 is 15.1 Å². The van der Waals surface area contributed by atoms with Crippen LogP contribution >= 0.6 is 0 Å². The normalized spacial score (nSPS) is 18.0. The molecule has 200 valence electrons. The number of amides is 1. The van der Waals surface area contributed by atoms with Crippen molar-refractivity contribution in [1.82, 2.24) is 0 Å². The Balaban J connectivity index is 1.47. The van der Waals surface area contributed by atoms with Gasteiger partial charge in [-0.2, -0.15) is 8.42 Å². The third-order valence-corrected chi connectivity index (χ3v) is 7.92. The van der Waals surface area contributed by atoms with Gasteiger partial charge >= 0.3 is 0 Å². The Bertz CT molecular complexity index is 1630. The van der Waals surface area contributed by atoms with E-state index in [0.29, 0.717) is 29.5 Å². The van der Waals surface area contributed by atoms with E-state index in [1.54, 1.807) is 24.3 Å². The number of aliphatic hydroxyl groups excluding tert-OH is 1. The van der Waals surface area contributed by atoms with Crippen molar-refractivity contribution in [2.24, 2.45) is 5.92 Å². The number of phenols is 1. The maximum absolute atomic E-state index is 14.7. The molecule has 3 unspecified atom stereocenters. The summed E-state index contributed by atoms with van der Waals surface area (Å²) in [5.74, 6) is -1.57. The van der Waals surface area contributed by atoms with Crippen LogP contribution in [0.3, 0.4) is 0 Å². The van der Waals surface area contributed by atoms with Crippen molar-refractivity contribution < 1.29 is 32.4 Å². The van der Waals surface area contributed by atoms with Gasteiger partial charge in [0.15, 0.2) is 0 Å². The van der Waals surface area contributed by atoms with E-state index >= 15 is 0 Å². The predicted molar refractivity (Wildman–Crippen MR) is 144 cm³/mol. The average Bonchev–Trinajstić information content (AvgIpc) is 2.92. The number of benzene rings is 4. The molecule has 3 N–H and O–H groups in total. The summed E-state index contributed by atoms with van der Waals surface area (Å²) in [4.78, 5) is 14.3. The second kappa shape index (κ2) is 10.6. The highest BCUT2D eigenvalue weighted by atomic mass is 32.2. The molecule has 1 fully saturated rings. The predicted octanol–water partition coefficient (Wildman–Crippen LogP) is 5.66. The van der Waals surface area contributed by atoms with Crippen molar-refractivity contribution in [2.75, 3.05) is 4.90 Å². The number of β-lactam (4-membered cyclic amide) rings is 1. The number of para-hydroxylation sites is 1. The fraction of sp³-hybridized carbons (Fsp3) is 0.167. The lowest BCUT2D eigenvalue weighted by atomic mass is 9.78. The first kappa shape index (κ1) is 26.6. The van der Waals surface area contributed by atoms with Crippen molar-refractivity contribution in [1.29, 1.82) is 0 Å². The number of aromatic hydroxyl groups is 1. The molecule has 0 bridgehead atoms. The lowest BCUT2D eigenvalue weighted by Crippen LogP contribution is -2.55. The first-order chi connectivity index (χ1) is 18.6. The van der Waals surface area contributed by atoms with E-state index in [0.717, 1.165) is 5.56 Å². The van der Waals surface area contributed by atoms with Gasteiger partial charge in [-0.15, -0.1) is 0 Å². The number of aliphatic hydroxyl groups is 1. The molecule has 7 nitrogen and oxygen atoms in total. The Hall–Kier alpha value is -4.05. The van der Waals surface area contributed by atoms with Crippen LogP contribution in [0.25, 0.3) is 11.1 Å². The van der Waals surface area contributed by atoms with E-state index in [1.807, 2.05) is 30.3 Å². The van der Waals surface area contributed by atoms with Crippen LogP contribution in [-0.2, 0) is 14.9 Å². The van der Waals surface area contributed by atoms with E-state index in [4.69, 9.17) is 0 Å². The zero-order valence-electron chi connectivity index (χ0n) is 20.7. The minimum Gasteiger partial charge on any atom is -0.507 e. The van der Waals surface area contributed by atoms with Crippen molar-refractivity contribution in [2.45, 2.75) is 29.9 Å². The minimum atomic E-state index is -4.43. The van der Waals surface area contributed by atoms with E-state index < -0.39 is 34.0 Å². The fourth-order valence-corrected chi connectivity index (χ4v) is 5.63. The Morgan fingerprint density at radius 1 is 0.897 bits per heavy atom. The molecule has 1 amide bonds. The number of rotatable bonds is 8. The molecule has 1 heterocycles. The number of carbonyl (C=O) groups is 1. The molecule has 9 heteroatoms. The van der Waals surface area contributed by atoms with Gasteiger partial charge in [0, 0.05) is 5.56 Å². The van der Waals surface area contributed by atoms with Crippen LogP contribution in [0.1, 0.15) is 36.1 Å². The Morgan fingerprint density at radius 2 is 1.62 bits per heavy atom. The van der Waals surface area contributed by atoms with Crippen LogP contribution in [-0.4, -0.2) is 29.1 Å². The summed E-state index contributed by atoms with van der Waals surface area (Å²) in [6, 6.07) is 24.8. The van der Waals surface area contributed by atoms with E-state index in [1.165, 1.54) is 47.4 Å². The monoisotopic (exact) mass is 547 g/mol. The van der Waals surface area contributed by atoms with Crippen molar-refractivity contribution in [3.63, 3.8) is 0 Å². The molecule has 0 aliphatic carbocycles. The van der Waals surface area contributed by atoms with Crippen LogP contribution in [0.15, 0.2) is 102 Å². The topological polar surface area (TPSA) is 115 Å². The summed E-state index contributed by atoms with van der Waals surface area (Å²) < 4.78 is 47.2. The highest BCUT2D eigenvalue weighted by Crippen LogP contribution is 2.48. The van der Waals surface area contributed by atoms with Gasteiger partial charge in [-0.1, -0.05) is 66.7 Å². The molecule has 4 aromatic rings. The average molecular weight is 548 g/mol. The molecule has 3 atom stereocenters. The van der Waals surface area contributed by atoms with Crippen LogP contribution in [0.4, 0.5) is 10.1 Å². The number of hydrogen-bond donors (Lipinski definition) is 3. The molecule has 0 saturated carbocycles. The summed E-state index contributed by atoms with van der Waals surface area (Å²) in [5, 5.41) is 21.6. The number of carbonyl (C=O) groups excluding carboxylic acids is 1. The van der Waals surface area contributed by atoms with E-state index in [-0.39, 0.29) is 22.2 Å².